The molecule has 0 rings (SSSR count). The molecule has 0 aliphatic heterocycles. The molecule has 1 N–H and O–H groups in total. The van der Waals surface area contributed by atoms with Gasteiger partial charge in [0.1, 0.15) is 5.78 Å². The second-order valence-electron chi connectivity index (χ2n) is 3.49. The Kier molecular flexibility index (Phi) is 11.0. The highest BCUT2D eigenvalue weighted by molar-refractivity contribution is 7.80. The lowest BCUT2D eigenvalue weighted by molar-refractivity contribution is -0.117. The number of nitrogens with one attached hydrogen (secondary N) is 1. The van der Waals surface area contributed by atoms with Gasteiger partial charge in [0.25, 0.3) is 0 Å². The zero-order valence-corrected chi connectivity index (χ0v) is 11.2. The molecule has 0 atom stereocenters. The zero-order chi connectivity index (χ0) is 11.5. The molecule has 90 valence electrons. The van der Waals surface area contributed by atoms with Crippen molar-refractivity contribution in [3.8, 4) is 0 Å². The molecule has 0 aromatic heterocycles. The van der Waals surface area contributed by atoms with E-state index in [0.29, 0.717) is 6.42 Å². The Morgan fingerprint density at radius 3 is 2.40 bits per heavy atom. The van der Waals surface area contributed by atoms with Crippen molar-refractivity contribution >= 4 is 31.0 Å². The van der Waals surface area contributed by atoms with E-state index in [-0.39, 0.29) is 5.78 Å². The number of nitrogens with zero attached hydrogens (tertiary/aromatic N) is 1. The summed E-state index contributed by atoms with van der Waals surface area (Å²) < 4.78 is 0. The van der Waals surface area contributed by atoms with Gasteiger partial charge in [0.2, 0.25) is 0 Å². The maximum atomic E-state index is 10.9. The third-order valence-corrected chi connectivity index (χ3v) is 2.51. The Labute approximate surface area is 104 Å². The normalized spacial score (nSPS) is 10.9. The first-order valence-electron chi connectivity index (χ1n) is 5.35. The van der Waals surface area contributed by atoms with Crippen LogP contribution in [0.15, 0.2) is 0 Å². The van der Waals surface area contributed by atoms with Gasteiger partial charge < -0.3 is 10.2 Å². The van der Waals surface area contributed by atoms with Crippen LogP contribution in [-0.2, 0) is 4.79 Å². The molecule has 0 aliphatic carbocycles. The van der Waals surface area contributed by atoms with Gasteiger partial charge in [-0.05, 0) is 6.92 Å². The van der Waals surface area contributed by atoms with Gasteiger partial charge in [-0.1, -0.05) is 0 Å². The maximum absolute atomic E-state index is 10.9. The number of Topliss-reactive ketones (excluding diaryl/α,β-unsaturated/α-hetero) is 1. The summed E-state index contributed by atoms with van der Waals surface area (Å²) in [6.45, 7) is 6.29. The highest BCUT2D eigenvalue weighted by Gasteiger charge is 2.04. The number of carbonyl (C=O) groups excluding carboxylic acids is 1. The minimum absolute atomic E-state index is 0.252. The Balaban J connectivity index is 3.57. The third-order valence-electron chi connectivity index (χ3n) is 2.09. The van der Waals surface area contributed by atoms with E-state index < -0.39 is 0 Å². The van der Waals surface area contributed by atoms with Gasteiger partial charge in [-0.2, -0.15) is 25.3 Å². The first-order chi connectivity index (χ1) is 7.20. The lowest BCUT2D eigenvalue weighted by Gasteiger charge is -2.20. The highest BCUT2D eigenvalue weighted by atomic mass is 32.1. The maximum Gasteiger partial charge on any atom is 0.131 e. The average Bonchev–Trinajstić information content (AvgIpc) is 2.20. The molecule has 0 fully saturated rings. The minimum Gasteiger partial charge on any atom is -0.315 e. The van der Waals surface area contributed by atoms with Crippen LogP contribution in [0.4, 0.5) is 0 Å². The molecule has 0 bridgehead atoms. The number of hydrogen-bond acceptors (Lipinski definition) is 5. The summed E-state index contributed by atoms with van der Waals surface area (Å²) in [6.07, 6.45) is 0.639. The summed E-state index contributed by atoms with van der Waals surface area (Å²) in [6, 6.07) is 0. The van der Waals surface area contributed by atoms with Crippen LogP contribution in [0, 0.1) is 0 Å². The van der Waals surface area contributed by atoms with E-state index in [4.69, 9.17) is 0 Å². The van der Waals surface area contributed by atoms with Crippen LogP contribution in [0.1, 0.15) is 13.3 Å². The predicted molar refractivity (Wildman–Crippen MR) is 72.3 cm³/mol. The van der Waals surface area contributed by atoms with Gasteiger partial charge in [-0.3, -0.25) is 4.79 Å². The monoisotopic (exact) mass is 250 g/mol. The molecule has 0 aliphatic rings. The summed E-state index contributed by atoms with van der Waals surface area (Å²) >= 11 is 8.33. The van der Waals surface area contributed by atoms with Crippen molar-refractivity contribution < 1.29 is 4.79 Å². The molecule has 3 nitrogen and oxygen atoms in total. The lowest BCUT2D eigenvalue weighted by atomic mass is 10.3. The fourth-order valence-electron chi connectivity index (χ4n) is 1.23. The summed E-state index contributed by atoms with van der Waals surface area (Å²) in [7, 11) is 0. The number of rotatable bonds is 10. The Morgan fingerprint density at radius 1 is 1.13 bits per heavy atom. The summed E-state index contributed by atoms with van der Waals surface area (Å²) in [5.41, 5.74) is 0. The third kappa shape index (κ3) is 10.6. The minimum atomic E-state index is 0.252. The number of ketones is 1. The second kappa shape index (κ2) is 10.8. The summed E-state index contributed by atoms with van der Waals surface area (Å²) in [5, 5.41) is 3.28. The molecular formula is C10H22N2OS2. The standard InChI is InChI=1S/C10H22N2OS2/c1-10(13)2-5-12(7-9-15)6-3-11-4-8-14/h11,14-15H,2-9H2,1H3. The first kappa shape index (κ1) is 15.3. The van der Waals surface area contributed by atoms with Crippen LogP contribution < -0.4 is 5.32 Å². The van der Waals surface area contributed by atoms with Gasteiger partial charge in [0.15, 0.2) is 0 Å². The highest BCUT2D eigenvalue weighted by Crippen LogP contribution is 1.93. The zero-order valence-electron chi connectivity index (χ0n) is 9.41. The van der Waals surface area contributed by atoms with Crippen molar-refractivity contribution in [2.45, 2.75) is 13.3 Å². The Morgan fingerprint density at radius 2 is 1.87 bits per heavy atom. The number of carbonyl (C=O) groups is 1. The van der Waals surface area contributed by atoms with Crippen molar-refractivity contribution in [1.82, 2.24) is 10.2 Å². The van der Waals surface area contributed by atoms with E-state index in [1.807, 2.05) is 0 Å². The van der Waals surface area contributed by atoms with Crippen LogP contribution in [-0.4, -0.2) is 54.9 Å². The Bertz CT molecular complexity index is 168. The summed E-state index contributed by atoms with van der Waals surface area (Å²) in [4.78, 5) is 13.1. The molecule has 0 heterocycles. The van der Waals surface area contributed by atoms with Crippen molar-refractivity contribution in [2.75, 3.05) is 44.2 Å². The number of hydrogen-bond donors (Lipinski definition) is 3. The van der Waals surface area contributed by atoms with Gasteiger partial charge in [0, 0.05) is 50.7 Å². The predicted octanol–water partition coefficient (Wildman–Crippen LogP) is 0.717. The molecule has 0 unspecified atom stereocenters. The molecule has 0 aromatic carbocycles. The SMILES string of the molecule is CC(=O)CCN(CCS)CCNCCS. The second-order valence-corrected chi connectivity index (χ2v) is 4.39. The van der Waals surface area contributed by atoms with Crippen LogP contribution in [0.2, 0.25) is 0 Å². The van der Waals surface area contributed by atoms with Gasteiger partial charge >= 0.3 is 0 Å². The van der Waals surface area contributed by atoms with Crippen molar-refractivity contribution in [3.05, 3.63) is 0 Å². The largest absolute Gasteiger partial charge is 0.315 e. The first-order valence-corrected chi connectivity index (χ1v) is 6.61. The molecule has 0 saturated carbocycles. The van der Waals surface area contributed by atoms with Crippen molar-refractivity contribution in [1.29, 1.82) is 0 Å². The van der Waals surface area contributed by atoms with E-state index in [2.05, 4.69) is 35.5 Å². The molecule has 5 heteroatoms. The van der Waals surface area contributed by atoms with Crippen molar-refractivity contribution in [2.24, 2.45) is 0 Å². The molecule has 0 aromatic rings. The molecule has 0 saturated heterocycles. The molecule has 0 spiro atoms. The van der Waals surface area contributed by atoms with E-state index in [0.717, 1.165) is 44.2 Å². The van der Waals surface area contributed by atoms with Crippen LogP contribution in [0.25, 0.3) is 0 Å². The molecule has 0 amide bonds. The van der Waals surface area contributed by atoms with E-state index >= 15 is 0 Å². The van der Waals surface area contributed by atoms with Crippen LogP contribution >= 0.6 is 25.3 Å². The fourth-order valence-corrected chi connectivity index (χ4v) is 1.67. The molecule has 15 heavy (non-hydrogen) atoms. The van der Waals surface area contributed by atoms with Gasteiger partial charge in [-0.25, -0.2) is 0 Å². The van der Waals surface area contributed by atoms with Gasteiger partial charge in [-0.15, -0.1) is 0 Å². The topological polar surface area (TPSA) is 32.3 Å². The van der Waals surface area contributed by atoms with Crippen molar-refractivity contribution in [3.63, 3.8) is 0 Å². The lowest BCUT2D eigenvalue weighted by Crippen LogP contribution is -2.35. The quantitative estimate of drug-likeness (QED) is 0.395. The van der Waals surface area contributed by atoms with Gasteiger partial charge in [0.05, 0.1) is 0 Å². The average molecular weight is 250 g/mol. The smallest absolute Gasteiger partial charge is 0.131 e. The van der Waals surface area contributed by atoms with E-state index in [9.17, 15) is 4.79 Å². The molecule has 0 radical (unpaired) electrons. The van der Waals surface area contributed by atoms with Crippen LogP contribution in [0.3, 0.4) is 0 Å². The molecular weight excluding hydrogens is 228 g/mol. The van der Waals surface area contributed by atoms with E-state index in [1.165, 1.54) is 0 Å². The number of thiol groups is 2. The Hall–Kier alpha value is 0.290. The fraction of sp³-hybridized carbons (Fsp3) is 0.900. The summed E-state index contributed by atoms with van der Waals surface area (Å²) in [5.74, 6) is 1.95. The van der Waals surface area contributed by atoms with E-state index in [1.54, 1.807) is 6.92 Å². The van der Waals surface area contributed by atoms with Crippen LogP contribution in [0.5, 0.6) is 0 Å².